The van der Waals surface area contributed by atoms with Gasteiger partial charge in [0.2, 0.25) is 5.91 Å². The number of piperazine rings is 1. The van der Waals surface area contributed by atoms with Crippen LogP contribution in [0.4, 0.5) is 17.2 Å². The lowest BCUT2D eigenvalue weighted by Crippen LogP contribution is -2.61. The number of hydrogen-bond acceptors (Lipinski definition) is 7. The van der Waals surface area contributed by atoms with Crippen LogP contribution >= 0.6 is 0 Å². The summed E-state index contributed by atoms with van der Waals surface area (Å²) >= 11 is 0. The van der Waals surface area contributed by atoms with Crippen molar-refractivity contribution >= 4 is 23.1 Å². The number of likely N-dealkylation sites (tertiary alicyclic amines) is 1. The second-order valence-electron chi connectivity index (χ2n) is 8.18. The van der Waals surface area contributed by atoms with E-state index in [2.05, 4.69) is 19.8 Å². The number of amides is 1. The molecule has 3 aliphatic rings. The molecule has 2 fully saturated rings. The van der Waals surface area contributed by atoms with Crippen LogP contribution < -0.4 is 9.80 Å². The molecule has 4 heterocycles. The van der Waals surface area contributed by atoms with Gasteiger partial charge in [-0.25, -0.2) is 4.98 Å². The minimum atomic E-state index is -0.365. The summed E-state index contributed by atoms with van der Waals surface area (Å²) < 4.78 is 0. The molecular weight excluding hydrogens is 384 g/mol. The van der Waals surface area contributed by atoms with Gasteiger partial charge in [0.25, 0.3) is 5.69 Å². The topological polar surface area (TPSA) is 95.7 Å². The Bertz CT molecular complexity index is 962. The van der Waals surface area contributed by atoms with Crippen molar-refractivity contribution in [2.45, 2.75) is 25.3 Å². The Balaban J connectivity index is 1.50. The molecule has 0 radical (unpaired) electrons. The zero-order chi connectivity index (χ0) is 20.7. The molecule has 3 aliphatic heterocycles. The Morgan fingerprint density at radius 1 is 1.13 bits per heavy atom. The third-order valence-corrected chi connectivity index (χ3v) is 6.51. The van der Waals surface area contributed by atoms with Gasteiger partial charge >= 0.3 is 0 Å². The van der Waals surface area contributed by atoms with Gasteiger partial charge in [-0.1, -0.05) is 0 Å². The predicted octanol–water partition coefficient (Wildman–Crippen LogP) is 1.87. The van der Waals surface area contributed by atoms with Crippen molar-refractivity contribution < 1.29 is 9.72 Å². The quantitative estimate of drug-likeness (QED) is 0.565. The fourth-order valence-electron chi connectivity index (χ4n) is 5.04. The fraction of sp³-hybridized carbons (Fsp3) is 0.476. The number of hydrogen-bond donors (Lipinski definition) is 0. The summed E-state index contributed by atoms with van der Waals surface area (Å²) in [7, 11) is 0. The summed E-state index contributed by atoms with van der Waals surface area (Å²) in [5.41, 5.74) is 1.98. The zero-order valence-electron chi connectivity index (χ0n) is 16.7. The molecule has 9 heteroatoms. The minimum absolute atomic E-state index is 0.00260. The van der Waals surface area contributed by atoms with Crippen molar-refractivity contribution in [1.29, 1.82) is 0 Å². The van der Waals surface area contributed by atoms with E-state index in [-0.39, 0.29) is 28.5 Å². The number of carbonyl (C=O) groups excluding carboxylic acids is 1. The fourth-order valence-corrected chi connectivity index (χ4v) is 5.04. The summed E-state index contributed by atoms with van der Waals surface area (Å²) in [6.45, 7) is 3.78. The lowest BCUT2D eigenvalue weighted by atomic mass is 9.83. The predicted molar refractivity (Wildman–Crippen MR) is 111 cm³/mol. The van der Waals surface area contributed by atoms with Gasteiger partial charge < -0.3 is 14.7 Å². The summed E-state index contributed by atoms with van der Waals surface area (Å²) in [5, 5.41) is 11.3. The number of anilines is 2. The number of benzene rings is 1. The first-order valence-electron chi connectivity index (χ1n) is 10.5. The number of nitrogens with zero attached hydrogens (tertiary/aromatic N) is 6. The number of non-ortho nitro benzene ring substituents is 1. The molecule has 0 bridgehead atoms. The molecule has 1 amide bonds. The Morgan fingerprint density at radius 3 is 2.70 bits per heavy atom. The van der Waals surface area contributed by atoms with E-state index in [1.54, 1.807) is 30.7 Å². The summed E-state index contributed by atoms with van der Waals surface area (Å²) in [6, 6.07) is 5.05. The van der Waals surface area contributed by atoms with Gasteiger partial charge in [-0.15, -0.1) is 0 Å². The Morgan fingerprint density at radius 2 is 1.97 bits per heavy atom. The lowest BCUT2D eigenvalue weighted by Gasteiger charge is -2.49. The van der Waals surface area contributed by atoms with Crippen LogP contribution in [0.25, 0.3) is 0 Å². The highest BCUT2D eigenvalue weighted by atomic mass is 16.6. The smallest absolute Gasteiger partial charge is 0.269 e. The molecule has 2 aromatic rings. The first-order valence-corrected chi connectivity index (χ1v) is 10.5. The van der Waals surface area contributed by atoms with Crippen LogP contribution in [0.5, 0.6) is 0 Å². The maximum Gasteiger partial charge on any atom is 0.269 e. The molecule has 0 spiro atoms. The molecular formula is C21H24N6O3. The maximum absolute atomic E-state index is 13.4. The van der Waals surface area contributed by atoms with E-state index < -0.39 is 0 Å². The van der Waals surface area contributed by atoms with Crippen LogP contribution in [0.15, 0.2) is 36.8 Å². The van der Waals surface area contributed by atoms with E-state index >= 15 is 0 Å². The highest BCUT2D eigenvalue weighted by Crippen LogP contribution is 2.39. The average molecular weight is 408 g/mol. The molecule has 0 unspecified atom stereocenters. The third kappa shape index (κ3) is 3.24. The molecule has 0 N–H and O–H groups in total. The van der Waals surface area contributed by atoms with E-state index in [1.165, 1.54) is 0 Å². The molecule has 2 saturated heterocycles. The molecule has 5 rings (SSSR count). The molecule has 9 nitrogen and oxygen atoms in total. The number of nitro benzene ring substituents is 1. The van der Waals surface area contributed by atoms with Gasteiger partial charge in [0.05, 0.1) is 23.1 Å². The number of fused-ring (bicyclic) bond motifs is 3. The van der Waals surface area contributed by atoms with Crippen LogP contribution in [0, 0.1) is 16.0 Å². The lowest BCUT2D eigenvalue weighted by molar-refractivity contribution is -0.384. The van der Waals surface area contributed by atoms with Crippen molar-refractivity contribution in [3.8, 4) is 0 Å². The second kappa shape index (κ2) is 7.55. The minimum Gasteiger partial charge on any atom is -0.364 e. The second-order valence-corrected chi connectivity index (χ2v) is 8.18. The zero-order valence-corrected chi connectivity index (χ0v) is 16.7. The van der Waals surface area contributed by atoms with Gasteiger partial charge in [0.1, 0.15) is 5.82 Å². The van der Waals surface area contributed by atoms with Crippen molar-refractivity contribution in [3.05, 3.63) is 52.5 Å². The first-order chi connectivity index (χ1) is 14.6. The molecule has 156 valence electrons. The summed E-state index contributed by atoms with van der Waals surface area (Å²) in [4.78, 5) is 39.4. The SMILES string of the molecule is O=C([C@H]1Cc2cc([N+](=O)[O-])ccc2N2CCN(c3cnccn3)C[C@H]12)N1CCCC1. The molecule has 30 heavy (non-hydrogen) atoms. The Labute approximate surface area is 174 Å². The number of carbonyl (C=O) groups is 1. The van der Waals surface area contributed by atoms with Crippen LogP contribution in [-0.2, 0) is 11.2 Å². The highest BCUT2D eigenvalue weighted by Gasteiger charge is 2.43. The van der Waals surface area contributed by atoms with E-state index in [0.29, 0.717) is 13.0 Å². The maximum atomic E-state index is 13.4. The molecule has 2 atom stereocenters. The third-order valence-electron chi connectivity index (χ3n) is 6.51. The Hall–Kier alpha value is -3.23. The van der Waals surface area contributed by atoms with Gasteiger partial charge in [0, 0.05) is 62.9 Å². The van der Waals surface area contributed by atoms with E-state index in [1.807, 2.05) is 11.0 Å². The Kier molecular flexibility index (Phi) is 4.72. The van der Waals surface area contributed by atoms with E-state index in [9.17, 15) is 14.9 Å². The molecule has 0 saturated carbocycles. The van der Waals surface area contributed by atoms with Crippen molar-refractivity contribution in [2.75, 3.05) is 42.5 Å². The largest absolute Gasteiger partial charge is 0.364 e. The van der Waals surface area contributed by atoms with Crippen LogP contribution in [0.3, 0.4) is 0 Å². The van der Waals surface area contributed by atoms with Gasteiger partial charge in [0.15, 0.2) is 0 Å². The number of nitro groups is 1. The highest BCUT2D eigenvalue weighted by molar-refractivity contribution is 5.83. The molecule has 1 aromatic heterocycles. The number of aromatic nitrogens is 2. The first kappa shape index (κ1) is 18.8. The van der Waals surface area contributed by atoms with Crippen molar-refractivity contribution in [3.63, 3.8) is 0 Å². The molecule has 0 aliphatic carbocycles. The van der Waals surface area contributed by atoms with Crippen LogP contribution in [0.1, 0.15) is 18.4 Å². The monoisotopic (exact) mass is 408 g/mol. The van der Waals surface area contributed by atoms with Crippen LogP contribution in [0.2, 0.25) is 0 Å². The van der Waals surface area contributed by atoms with Crippen molar-refractivity contribution in [1.82, 2.24) is 14.9 Å². The number of rotatable bonds is 3. The molecule has 1 aromatic carbocycles. The van der Waals surface area contributed by atoms with E-state index in [0.717, 1.165) is 56.1 Å². The van der Waals surface area contributed by atoms with Gasteiger partial charge in [-0.05, 0) is 30.9 Å². The van der Waals surface area contributed by atoms with E-state index in [4.69, 9.17) is 0 Å². The standard InChI is InChI=1S/C21H24N6O3/c28-21(24-7-1-2-8-24)17-12-15-11-16(27(29)30)3-4-18(15)26-10-9-25(14-19(17)26)20-13-22-5-6-23-20/h3-6,11,13,17,19H,1-2,7-10,12,14H2/t17-,19+/m0/s1. The van der Waals surface area contributed by atoms with Crippen molar-refractivity contribution in [2.24, 2.45) is 5.92 Å². The summed E-state index contributed by atoms with van der Waals surface area (Å²) in [5.74, 6) is 0.761. The summed E-state index contributed by atoms with van der Waals surface area (Å²) in [6.07, 6.45) is 7.71. The normalized spacial score (nSPS) is 23.1. The average Bonchev–Trinajstić information content (AvgIpc) is 3.33. The van der Waals surface area contributed by atoms with Crippen LogP contribution in [-0.4, -0.2) is 64.5 Å². The van der Waals surface area contributed by atoms with Gasteiger partial charge in [-0.3, -0.25) is 19.9 Å². The van der Waals surface area contributed by atoms with Gasteiger partial charge in [-0.2, -0.15) is 0 Å².